The molecule has 3 N–H and O–H groups in total. The highest BCUT2D eigenvalue weighted by atomic mass is 16.6. The maximum atomic E-state index is 13.6. The molecule has 198 valence electrons. The molecule has 0 saturated carbocycles. The second-order valence-electron chi connectivity index (χ2n) is 10.3. The van der Waals surface area contributed by atoms with Gasteiger partial charge < -0.3 is 25.4 Å². The fourth-order valence-electron chi connectivity index (χ4n) is 3.76. The highest BCUT2D eigenvalue weighted by Crippen LogP contribution is 2.30. The fraction of sp³-hybridized carbons (Fsp3) is 0.667. The number of unbranched alkanes of at least 4 members (excludes halogenated alkanes) is 5. The number of benzene rings is 1. The Morgan fingerprint density at radius 2 is 1.57 bits per heavy atom. The van der Waals surface area contributed by atoms with Crippen LogP contribution >= 0.6 is 0 Å². The van der Waals surface area contributed by atoms with Crippen molar-refractivity contribution in [2.24, 2.45) is 0 Å². The molecule has 0 aliphatic carbocycles. The van der Waals surface area contributed by atoms with E-state index in [1.165, 1.54) is 11.0 Å². The lowest BCUT2D eigenvalue weighted by molar-refractivity contribution is -0.142. The molecule has 2 unspecified atom stereocenters. The van der Waals surface area contributed by atoms with Gasteiger partial charge >= 0.3 is 6.09 Å². The molecule has 0 bridgehead atoms. The molecule has 2 atom stereocenters. The lowest BCUT2D eigenvalue weighted by Crippen LogP contribution is -2.52. The SMILES string of the molecule is CCCCCCCCN(C(=O)C(C)NC(=O)OC(C)(C)C)C(C(=O)NC(C)C)c1ccccc1O. The summed E-state index contributed by atoms with van der Waals surface area (Å²) in [5.41, 5.74) is -0.366. The summed E-state index contributed by atoms with van der Waals surface area (Å²) in [6.45, 7) is 13.0. The van der Waals surface area contributed by atoms with E-state index in [-0.39, 0.29) is 17.7 Å². The van der Waals surface area contributed by atoms with Crippen molar-refractivity contribution in [3.8, 4) is 5.75 Å². The van der Waals surface area contributed by atoms with Crippen LogP contribution in [0.2, 0.25) is 0 Å². The summed E-state index contributed by atoms with van der Waals surface area (Å²) < 4.78 is 5.30. The van der Waals surface area contributed by atoms with E-state index in [4.69, 9.17) is 4.74 Å². The minimum absolute atomic E-state index is 0.0649. The number of hydrogen-bond donors (Lipinski definition) is 3. The van der Waals surface area contributed by atoms with Crippen LogP contribution in [0.15, 0.2) is 24.3 Å². The lowest BCUT2D eigenvalue weighted by atomic mass is 10.0. The maximum absolute atomic E-state index is 13.6. The minimum atomic E-state index is -1.04. The van der Waals surface area contributed by atoms with Crippen molar-refractivity contribution in [3.63, 3.8) is 0 Å². The van der Waals surface area contributed by atoms with Gasteiger partial charge in [-0.15, -0.1) is 0 Å². The third-order valence-electron chi connectivity index (χ3n) is 5.36. The van der Waals surface area contributed by atoms with E-state index in [9.17, 15) is 19.5 Å². The summed E-state index contributed by atoms with van der Waals surface area (Å²) in [5.74, 6) is -0.869. The van der Waals surface area contributed by atoms with E-state index < -0.39 is 29.7 Å². The second-order valence-corrected chi connectivity index (χ2v) is 10.3. The highest BCUT2D eigenvalue weighted by Gasteiger charge is 2.35. The number of phenolic OH excluding ortho intramolecular Hbond substituents is 1. The van der Waals surface area contributed by atoms with Crippen molar-refractivity contribution in [2.45, 2.75) is 111 Å². The Kier molecular flexibility index (Phi) is 12.6. The molecule has 3 amide bonds. The van der Waals surface area contributed by atoms with E-state index in [1.807, 2.05) is 13.8 Å². The number of ether oxygens (including phenoxy) is 1. The van der Waals surface area contributed by atoms with E-state index in [0.29, 0.717) is 18.5 Å². The van der Waals surface area contributed by atoms with Crippen LogP contribution in [0.4, 0.5) is 4.79 Å². The topological polar surface area (TPSA) is 108 Å². The minimum Gasteiger partial charge on any atom is -0.508 e. The smallest absolute Gasteiger partial charge is 0.408 e. The highest BCUT2D eigenvalue weighted by molar-refractivity contribution is 5.92. The molecule has 1 aromatic carbocycles. The van der Waals surface area contributed by atoms with Crippen LogP contribution in [-0.2, 0) is 14.3 Å². The van der Waals surface area contributed by atoms with Crippen LogP contribution in [0.25, 0.3) is 0 Å². The number of phenols is 1. The van der Waals surface area contributed by atoms with Gasteiger partial charge in [0.2, 0.25) is 11.8 Å². The number of nitrogens with one attached hydrogen (secondary N) is 2. The summed E-state index contributed by atoms with van der Waals surface area (Å²) in [7, 11) is 0. The van der Waals surface area contributed by atoms with Crippen LogP contribution in [0.3, 0.4) is 0 Å². The standard InChI is InChI=1S/C27H45N3O5/c1-8-9-10-11-12-15-18-30(25(33)20(4)29-26(34)35-27(5,6)7)23(24(32)28-19(2)3)21-16-13-14-17-22(21)31/h13-14,16-17,19-20,23,31H,8-12,15,18H2,1-7H3,(H,28,32)(H,29,34). The molecule has 1 aromatic rings. The van der Waals surface area contributed by atoms with Crippen molar-refractivity contribution >= 4 is 17.9 Å². The number of hydrogen-bond acceptors (Lipinski definition) is 5. The zero-order valence-electron chi connectivity index (χ0n) is 22.5. The van der Waals surface area contributed by atoms with Gasteiger partial charge in [-0.1, -0.05) is 57.2 Å². The molecular formula is C27H45N3O5. The van der Waals surface area contributed by atoms with Crippen LogP contribution in [0.1, 0.15) is 98.6 Å². The number of alkyl carbamates (subject to hydrolysis) is 1. The number of rotatable bonds is 13. The Hall–Kier alpha value is -2.77. The van der Waals surface area contributed by atoms with Crippen LogP contribution in [0, 0.1) is 0 Å². The first-order valence-corrected chi connectivity index (χ1v) is 12.8. The average Bonchev–Trinajstić information content (AvgIpc) is 2.73. The number of para-hydroxylation sites is 1. The predicted molar refractivity (Wildman–Crippen MR) is 138 cm³/mol. The Morgan fingerprint density at radius 1 is 0.971 bits per heavy atom. The quantitative estimate of drug-likeness (QED) is 0.334. The first-order chi connectivity index (χ1) is 16.4. The van der Waals surface area contributed by atoms with Gasteiger partial charge in [-0.25, -0.2) is 4.79 Å². The van der Waals surface area contributed by atoms with Crippen molar-refractivity contribution in [3.05, 3.63) is 29.8 Å². The van der Waals surface area contributed by atoms with Crippen LogP contribution in [-0.4, -0.2) is 52.1 Å². The second kappa shape index (κ2) is 14.6. The first kappa shape index (κ1) is 30.3. The van der Waals surface area contributed by atoms with Gasteiger partial charge in [-0.2, -0.15) is 0 Å². The Labute approximate surface area is 210 Å². The lowest BCUT2D eigenvalue weighted by Gasteiger charge is -2.34. The zero-order chi connectivity index (χ0) is 26.6. The molecule has 0 aliphatic rings. The fourth-order valence-corrected chi connectivity index (χ4v) is 3.76. The van der Waals surface area contributed by atoms with Crippen LogP contribution < -0.4 is 10.6 Å². The molecule has 8 nitrogen and oxygen atoms in total. The monoisotopic (exact) mass is 491 g/mol. The van der Waals surface area contributed by atoms with Gasteiger partial charge in [0.1, 0.15) is 23.4 Å². The molecule has 0 aliphatic heterocycles. The van der Waals surface area contributed by atoms with E-state index in [1.54, 1.807) is 45.9 Å². The summed E-state index contributed by atoms with van der Waals surface area (Å²) in [4.78, 5) is 40.7. The zero-order valence-corrected chi connectivity index (χ0v) is 22.5. The Morgan fingerprint density at radius 3 is 2.14 bits per heavy atom. The van der Waals surface area contributed by atoms with Gasteiger partial charge in [0.25, 0.3) is 0 Å². The van der Waals surface area contributed by atoms with Crippen molar-refractivity contribution in [1.29, 1.82) is 0 Å². The molecule has 35 heavy (non-hydrogen) atoms. The van der Waals surface area contributed by atoms with Crippen LogP contribution in [0.5, 0.6) is 5.75 Å². The van der Waals surface area contributed by atoms with E-state index in [2.05, 4.69) is 17.6 Å². The number of carbonyl (C=O) groups excluding carboxylic acids is 3. The molecule has 0 spiro atoms. The molecule has 1 rings (SSSR count). The maximum Gasteiger partial charge on any atom is 0.408 e. The average molecular weight is 492 g/mol. The summed E-state index contributed by atoms with van der Waals surface area (Å²) in [6.07, 6.45) is 5.38. The summed E-state index contributed by atoms with van der Waals surface area (Å²) in [6, 6.07) is 4.42. The van der Waals surface area contributed by atoms with Gasteiger partial charge in [-0.05, 0) is 54.0 Å². The molecule has 0 fully saturated rings. The molecule has 0 radical (unpaired) electrons. The van der Waals surface area contributed by atoms with Gasteiger partial charge in [0.15, 0.2) is 0 Å². The molecule has 0 heterocycles. The van der Waals surface area contributed by atoms with Gasteiger partial charge in [-0.3, -0.25) is 9.59 Å². The molecular weight excluding hydrogens is 446 g/mol. The van der Waals surface area contributed by atoms with E-state index in [0.717, 1.165) is 32.1 Å². The van der Waals surface area contributed by atoms with E-state index >= 15 is 0 Å². The largest absolute Gasteiger partial charge is 0.508 e. The molecule has 8 heteroatoms. The molecule has 0 saturated heterocycles. The predicted octanol–water partition coefficient (Wildman–Crippen LogP) is 5.06. The number of aromatic hydroxyl groups is 1. The normalized spacial score (nSPS) is 13.1. The summed E-state index contributed by atoms with van der Waals surface area (Å²) in [5, 5.41) is 16.0. The third kappa shape index (κ3) is 11.0. The van der Waals surface area contributed by atoms with Crippen molar-refractivity contribution in [2.75, 3.05) is 6.54 Å². The Balaban J connectivity index is 3.24. The van der Waals surface area contributed by atoms with Crippen molar-refractivity contribution in [1.82, 2.24) is 15.5 Å². The van der Waals surface area contributed by atoms with Gasteiger partial charge in [0, 0.05) is 18.2 Å². The first-order valence-electron chi connectivity index (χ1n) is 12.8. The Bertz CT molecular complexity index is 819. The van der Waals surface area contributed by atoms with Crippen molar-refractivity contribution < 1.29 is 24.2 Å². The molecule has 0 aromatic heterocycles. The van der Waals surface area contributed by atoms with Gasteiger partial charge in [0.05, 0.1) is 0 Å². The number of carbonyl (C=O) groups is 3. The number of nitrogens with zero attached hydrogens (tertiary/aromatic N) is 1. The summed E-state index contributed by atoms with van der Waals surface area (Å²) >= 11 is 0. The number of amides is 3. The third-order valence-corrected chi connectivity index (χ3v) is 5.36.